The maximum atomic E-state index is 5.49. The maximum absolute atomic E-state index is 5.49. The fraction of sp³-hybridized carbons (Fsp3) is 0.867. The summed E-state index contributed by atoms with van der Waals surface area (Å²) in [6.07, 6.45) is 3.07. The summed E-state index contributed by atoms with van der Waals surface area (Å²) in [5.74, 6) is 1.65. The van der Waals surface area contributed by atoms with Crippen molar-refractivity contribution in [1.82, 2.24) is 25.3 Å². The van der Waals surface area contributed by atoms with Crippen molar-refractivity contribution in [2.24, 2.45) is 0 Å². The van der Waals surface area contributed by atoms with Crippen molar-refractivity contribution in [2.75, 3.05) is 39.3 Å². The average Bonchev–Trinajstić information content (AvgIpc) is 3.01. The van der Waals surface area contributed by atoms with Crippen LogP contribution in [0, 0.1) is 0 Å². The molecule has 1 N–H and O–H groups in total. The van der Waals surface area contributed by atoms with Crippen LogP contribution >= 0.6 is 0 Å². The SMILES string of the molecule is CCCNC(CC)Cc1nc(C2CN3CCN2CC3)no1. The minimum absolute atomic E-state index is 0.327. The topological polar surface area (TPSA) is 57.4 Å². The summed E-state index contributed by atoms with van der Waals surface area (Å²) in [4.78, 5) is 9.65. The summed E-state index contributed by atoms with van der Waals surface area (Å²) in [6.45, 7) is 11.1. The van der Waals surface area contributed by atoms with Gasteiger partial charge in [0.25, 0.3) is 0 Å². The Balaban J connectivity index is 1.60. The van der Waals surface area contributed by atoms with E-state index in [1.807, 2.05) is 0 Å². The zero-order valence-electron chi connectivity index (χ0n) is 13.2. The molecule has 0 aliphatic carbocycles. The van der Waals surface area contributed by atoms with Gasteiger partial charge in [-0.25, -0.2) is 0 Å². The van der Waals surface area contributed by atoms with Gasteiger partial charge in [-0.15, -0.1) is 0 Å². The lowest BCUT2D eigenvalue weighted by molar-refractivity contribution is 0.00781. The van der Waals surface area contributed by atoms with Crippen LogP contribution in [0.4, 0.5) is 0 Å². The quantitative estimate of drug-likeness (QED) is 0.811. The molecule has 4 rings (SSSR count). The smallest absolute Gasteiger partial charge is 0.228 e. The predicted molar refractivity (Wildman–Crippen MR) is 81.1 cm³/mol. The Morgan fingerprint density at radius 1 is 1.29 bits per heavy atom. The Kier molecular flexibility index (Phi) is 4.87. The molecule has 6 heteroatoms. The highest BCUT2D eigenvalue weighted by molar-refractivity contribution is 5.02. The van der Waals surface area contributed by atoms with Gasteiger partial charge >= 0.3 is 0 Å². The molecule has 1 aromatic heterocycles. The van der Waals surface area contributed by atoms with Crippen LogP contribution in [0.5, 0.6) is 0 Å². The van der Waals surface area contributed by atoms with Crippen LogP contribution < -0.4 is 5.32 Å². The standard InChI is InChI=1S/C15H27N5O/c1-3-5-16-12(4-2)10-14-17-15(18-21-14)13-11-19-6-8-20(13)9-7-19/h12-13,16H,3-11H2,1-2H3. The first kappa shape index (κ1) is 14.9. The lowest BCUT2D eigenvalue weighted by atomic mass is 10.1. The molecule has 2 atom stereocenters. The van der Waals surface area contributed by atoms with Gasteiger partial charge in [-0.1, -0.05) is 19.0 Å². The number of aromatic nitrogens is 2. The van der Waals surface area contributed by atoms with E-state index in [1.165, 1.54) is 13.1 Å². The second kappa shape index (κ2) is 6.85. The summed E-state index contributed by atoms with van der Waals surface area (Å²) in [5.41, 5.74) is 0. The van der Waals surface area contributed by atoms with E-state index in [4.69, 9.17) is 4.52 Å². The van der Waals surface area contributed by atoms with Crippen molar-refractivity contribution in [3.8, 4) is 0 Å². The zero-order chi connectivity index (χ0) is 14.7. The van der Waals surface area contributed by atoms with Crippen molar-refractivity contribution < 1.29 is 4.52 Å². The summed E-state index contributed by atoms with van der Waals surface area (Å²) in [5, 5.41) is 7.78. The second-order valence-electron chi connectivity index (χ2n) is 6.16. The van der Waals surface area contributed by atoms with E-state index in [0.717, 1.165) is 57.2 Å². The molecule has 3 aliphatic heterocycles. The van der Waals surface area contributed by atoms with Gasteiger partial charge in [-0.05, 0) is 19.4 Å². The van der Waals surface area contributed by atoms with E-state index in [1.54, 1.807) is 0 Å². The van der Waals surface area contributed by atoms with Gasteiger partial charge in [-0.2, -0.15) is 4.98 Å². The number of nitrogens with one attached hydrogen (secondary N) is 1. The molecule has 0 aromatic carbocycles. The van der Waals surface area contributed by atoms with Gasteiger partial charge in [0.1, 0.15) is 0 Å². The lowest BCUT2D eigenvalue weighted by Gasteiger charge is -2.46. The average molecular weight is 293 g/mol. The van der Waals surface area contributed by atoms with Crippen LogP contribution in [0.15, 0.2) is 4.52 Å². The molecule has 0 saturated carbocycles. The monoisotopic (exact) mass is 293 g/mol. The number of hydrogen-bond donors (Lipinski definition) is 1. The molecule has 3 saturated heterocycles. The van der Waals surface area contributed by atoms with Gasteiger partial charge in [0.05, 0.1) is 6.04 Å². The molecule has 3 aliphatic rings. The Bertz CT molecular complexity index is 441. The molecular formula is C15H27N5O. The van der Waals surface area contributed by atoms with Crippen LogP contribution in [0.2, 0.25) is 0 Å². The predicted octanol–water partition coefficient (Wildman–Crippen LogP) is 1.06. The highest BCUT2D eigenvalue weighted by atomic mass is 16.5. The largest absolute Gasteiger partial charge is 0.339 e. The van der Waals surface area contributed by atoms with Crippen molar-refractivity contribution >= 4 is 0 Å². The molecule has 118 valence electrons. The van der Waals surface area contributed by atoms with Crippen molar-refractivity contribution in [3.05, 3.63) is 11.7 Å². The summed E-state index contributed by atoms with van der Waals surface area (Å²) in [6, 6.07) is 0.763. The normalized spacial score (nSPS) is 29.7. The summed E-state index contributed by atoms with van der Waals surface area (Å²) < 4.78 is 5.49. The van der Waals surface area contributed by atoms with Crippen molar-refractivity contribution in [3.63, 3.8) is 0 Å². The Morgan fingerprint density at radius 3 is 2.71 bits per heavy atom. The van der Waals surface area contributed by atoms with Crippen LogP contribution in [0.1, 0.15) is 44.4 Å². The molecule has 2 unspecified atom stereocenters. The number of rotatable bonds is 7. The third-order valence-corrected chi connectivity index (χ3v) is 4.66. The molecular weight excluding hydrogens is 266 g/mol. The van der Waals surface area contributed by atoms with E-state index in [2.05, 4.69) is 39.1 Å². The Labute approximate surface area is 126 Å². The molecule has 3 fully saturated rings. The third kappa shape index (κ3) is 3.44. The second-order valence-corrected chi connectivity index (χ2v) is 6.16. The van der Waals surface area contributed by atoms with Crippen molar-refractivity contribution in [2.45, 2.75) is 45.2 Å². The van der Waals surface area contributed by atoms with Gasteiger partial charge in [-0.3, -0.25) is 9.80 Å². The van der Waals surface area contributed by atoms with Crippen LogP contribution in [0.25, 0.3) is 0 Å². The molecule has 0 amide bonds. The number of hydrogen-bond acceptors (Lipinski definition) is 6. The fourth-order valence-electron chi connectivity index (χ4n) is 3.27. The van der Waals surface area contributed by atoms with E-state index in [-0.39, 0.29) is 0 Å². The van der Waals surface area contributed by atoms with E-state index >= 15 is 0 Å². The fourth-order valence-corrected chi connectivity index (χ4v) is 3.27. The van der Waals surface area contributed by atoms with Gasteiger partial charge < -0.3 is 9.84 Å². The third-order valence-electron chi connectivity index (χ3n) is 4.66. The van der Waals surface area contributed by atoms with Gasteiger partial charge in [0, 0.05) is 45.2 Å². The molecule has 2 bridgehead atoms. The summed E-state index contributed by atoms with van der Waals surface area (Å²) in [7, 11) is 0. The minimum atomic E-state index is 0.327. The molecule has 0 radical (unpaired) electrons. The van der Waals surface area contributed by atoms with Crippen LogP contribution in [-0.2, 0) is 6.42 Å². The summed E-state index contributed by atoms with van der Waals surface area (Å²) >= 11 is 0. The van der Waals surface area contributed by atoms with Crippen LogP contribution in [-0.4, -0.2) is 65.3 Å². The first-order valence-corrected chi connectivity index (χ1v) is 8.32. The first-order valence-electron chi connectivity index (χ1n) is 8.32. The minimum Gasteiger partial charge on any atom is -0.339 e. The van der Waals surface area contributed by atoms with Gasteiger partial charge in [0.2, 0.25) is 5.89 Å². The zero-order valence-corrected chi connectivity index (χ0v) is 13.2. The van der Waals surface area contributed by atoms with E-state index in [9.17, 15) is 0 Å². The number of fused-ring (bicyclic) bond motifs is 3. The van der Waals surface area contributed by atoms with E-state index < -0.39 is 0 Å². The van der Waals surface area contributed by atoms with Gasteiger partial charge in [0.15, 0.2) is 5.82 Å². The maximum Gasteiger partial charge on any atom is 0.228 e. The van der Waals surface area contributed by atoms with E-state index in [0.29, 0.717) is 12.1 Å². The molecule has 6 nitrogen and oxygen atoms in total. The molecule has 0 spiro atoms. The van der Waals surface area contributed by atoms with Crippen molar-refractivity contribution in [1.29, 1.82) is 0 Å². The lowest BCUT2D eigenvalue weighted by Crippen LogP contribution is -2.57. The Morgan fingerprint density at radius 2 is 2.10 bits per heavy atom. The number of piperazine rings is 3. The first-order chi connectivity index (χ1) is 10.3. The molecule has 1 aromatic rings. The number of nitrogens with zero attached hydrogens (tertiary/aromatic N) is 4. The highest BCUT2D eigenvalue weighted by Crippen LogP contribution is 2.26. The highest BCUT2D eigenvalue weighted by Gasteiger charge is 2.35. The molecule has 21 heavy (non-hydrogen) atoms. The molecule has 4 heterocycles. The Hall–Kier alpha value is -0.980. The van der Waals surface area contributed by atoms with Crippen LogP contribution in [0.3, 0.4) is 0 Å².